The number of hydrogen-bond donors (Lipinski definition) is 1. The Morgan fingerprint density at radius 2 is 1.61 bits per heavy atom. The number of para-hydroxylation sites is 1. The van der Waals surface area contributed by atoms with E-state index in [1.807, 2.05) is 30.3 Å². The molecule has 160 valence electrons. The van der Waals surface area contributed by atoms with Gasteiger partial charge in [0.05, 0.1) is 0 Å². The smallest absolute Gasteiger partial charge is 0.339 e. The number of amides is 2. The van der Waals surface area contributed by atoms with Crippen molar-refractivity contribution in [1.29, 1.82) is 0 Å². The molecule has 0 unspecified atom stereocenters. The lowest BCUT2D eigenvalue weighted by atomic mass is 10.2. The molecule has 0 heterocycles. The molecule has 6 nitrogen and oxygen atoms in total. The number of anilines is 1. The van der Waals surface area contributed by atoms with Crippen LogP contribution >= 0.6 is 0 Å². The van der Waals surface area contributed by atoms with E-state index in [1.54, 1.807) is 17.0 Å². The van der Waals surface area contributed by atoms with Gasteiger partial charge in [-0.15, -0.1) is 0 Å². The summed E-state index contributed by atoms with van der Waals surface area (Å²) in [6.45, 7) is 0.397. The van der Waals surface area contributed by atoms with Gasteiger partial charge in [-0.05, 0) is 66.9 Å². The molecular formula is C23H21FN2O4S. The van der Waals surface area contributed by atoms with Gasteiger partial charge in [0.25, 0.3) is 0 Å². The van der Waals surface area contributed by atoms with Crippen LogP contribution in [-0.4, -0.2) is 25.4 Å². The Balaban J connectivity index is 1.42. The topological polar surface area (TPSA) is 75.7 Å². The first-order valence-corrected chi connectivity index (χ1v) is 11.2. The summed E-state index contributed by atoms with van der Waals surface area (Å²) in [7, 11) is -4.06. The van der Waals surface area contributed by atoms with Crippen molar-refractivity contribution in [2.75, 3.05) is 5.32 Å². The van der Waals surface area contributed by atoms with Gasteiger partial charge in [0.2, 0.25) is 0 Å². The molecular weight excluding hydrogens is 419 g/mol. The SMILES string of the molecule is O=C(Nc1ccccc1)N(Cc1ccc(OS(=O)(=O)c2ccc(F)cc2)cc1)C1CC1. The number of nitrogens with zero attached hydrogens (tertiary/aromatic N) is 1. The Bertz CT molecular complexity index is 1150. The van der Waals surface area contributed by atoms with Gasteiger partial charge in [0.1, 0.15) is 16.5 Å². The molecule has 1 saturated carbocycles. The normalized spacial score (nSPS) is 13.5. The van der Waals surface area contributed by atoms with Crippen molar-refractivity contribution >= 4 is 21.8 Å². The van der Waals surface area contributed by atoms with Gasteiger partial charge < -0.3 is 14.4 Å². The highest BCUT2D eigenvalue weighted by molar-refractivity contribution is 7.87. The Morgan fingerprint density at radius 1 is 0.968 bits per heavy atom. The zero-order valence-electron chi connectivity index (χ0n) is 16.6. The highest BCUT2D eigenvalue weighted by Crippen LogP contribution is 2.29. The lowest BCUT2D eigenvalue weighted by molar-refractivity contribution is 0.206. The van der Waals surface area contributed by atoms with Gasteiger partial charge in [-0.2, -0.15) is 8.42 Å². The first-order valence-electron chi connectivity index (χ1n) is 9.82. The summed E-state index contributed by atoms with van der Waals surface area (Å²) in [5, 5.41) is 2.90. The van der Waals surface area contributed by atoms with E-state index in [0.717, 1.165) is 48.4 Å². The predicted molar refractivity (Wildman–Crippen MR) is 115 cm³/mol. The third-order valence-corrected chi connectivity index (χ3v) is 6.12. The summed E-state index contributed by atoms with van der Waals surface area (Å²) in [5.74, 6) is -0.389. The van der Waals surface area contributed by atoms with Crippen LogP contribution in [0.1, 0.15) is 18.4 Å². The van der Waals surface area contributed by atoms with Crippen molar-refractivity contribution in [2.24, 2.45) is 0 Å². The van der Waals surface area contributed by atoms with Crippen LogP contribution in [0.2, 0.25) is 0 Å². The summed E-state index contributed by atoms with van der Waals surface area (Å²) in [6, 6.07) is 20.2. The molecule has 1 fully saturated rings. The number of nitrogens with one attached hydrogen (secondary N) is 1. The van der Waals surface area contributed by atoms with Gasteiger partial charge in [-0.25, -0.2) is 9.18 Å². The fourth-order valence-corrected chi connectivity index (χ4v) is 4.02. The Morgan fingerprint density at radius 3 is 2.23 bits per heavy atom. The standard InChI is InChI=1S/C23H21FN2O4S/c24-18-8-14-22(15-9-18)31(28,29)30-21-12-6-17(7-13-21)16-26(20-10-11-20)23(27)25-19-4-2-1-3-5-19/h1-9,12-15,20H,10-11,16H2,(H,25,27). The van der Waals surface area contributed by atoms with Gasteiger partial charge in [0, 0.05) is 18.3 Å². The molecule has 1 N–H and O–H groups in total. The van der Waals surface area contributed by atoms with Gasteiger partial charge >= 0.3 is 16.1 Å². The van der Waals surface area contributed by atoms with E-state index in [2.05, 4.69) is 5.32 Å². The number of carbonyl (C=O) groups is 1. The van der Waals surface area contributed by atoms with Crippen molar-refractivity contribution in [3.05, 3.63) is 90.2 Å². The molecule has 0 bridgehead atoms. The molecule has 3 aromatic carbocycles. The van der Waals surface area contributed by atoms with E-state index in [9.17, 15) is 17.6 Å². The summed E-state index contributed by atoms with van der Waals surface area (Å²) in [4.78, 5) is 14.4. The molecule has 2 amide bonds. The van der Waals surface area contributed by atoms with Crippen molar-refractivity contribution in [1.82, 2.24) is 4.90 Å². The number of carbonyl (C=O) groups excluding carboxylic acids is 1. The van der Waals surface area contributed by atoms with Crippen LogP contribution in [0.15, 0.2) is 83.8 Å². The van der Waals surface area contributed by atoms with Crippen molar-refractivity contribution < 1.29 is 21.8 Å². The lowest BCUT2D eigenvalue weighted by Gasteiger charge is -2.23. The fraction of sp³-hybridized carbons (Fsp3) is 0.174. The average molecular weight is 440 g/mol. The summed E-state index contributed by atoms with van der Waals surface area (Å²) in [6.07, 6.45) is 1.92. The summed E-state index contributed by atoms with van der Waals surface area (Å²) >= 11 is 0. The number of hydrogen-bond acceptors (Lipinski definition) is 4. The molecule has 0 spiro atoms. The van der Waals surface area contributed by atoms with E-state index in [1.165, 1.54) is 12.1 Å². The maximum absolute atomic E-state index is 13.0. The van der Waals surface area contributed by atoms with Crippen LogP contribution in [0.25, 0.3) is 0 Å². The maximum Gasteiger partial charge on any atom is 0.339 e. The van der Waals surface area contributed by atoms with Crippen LogP contribution in [0.3, 0.4) is 0 Å². The molecule has 1 aliphatic carbocycles. The van der Waals surface area contributed by atoms with Gasteiger partial charge in [-0.1, -0.05) is 30.3 Å². The van der Waals surface area contributed by atoms with Crippen LogP contribution < -0.4 is 9.50 Å². The lowest BCUT2D eigenvalue weighted by Crippen LogP contribution is -2.36. The molecule has 4 rings (SSSR count). The van der Waals surface area contributed by atoms with Gasteiger partial charge in [0.15, 0.2) is 0 Å². The molecule has 0 aromatic heterocycles. The van der Waals surface area contributed by atoms with Crippen molar-refractivity contribution in [2.45, 2.75) is 30.3 Å². The number of halogens is 1. The minimum Gasteiger partial charge on any atom is -0.379 e. The van der Waals surface area contributed by atoms with E-state index < -0.39 is 15.9 Å². The maximum atomic E-state index is 13.0. The molecule has 8 heteroatoms. The molecule has 0 atom stereocenters. The molecule has 0 aliphatic heterocycles. The van der Waals surface area contributed by atoms with E-state index in [0.29, 0.717) is 6.54 Å². The van der Waals surface area contributed by atoms with E-state index >= 15 is 0 Å². The number of benzene rings is 3. The third-order valence-electron chi connectivity index (χ3n) is 4.86. The minimum atomic E-state index is -4.06. The van der Waals surface area contributed by atoms with Crippen LogP contribution in [0, 0.1) is 5.82 Å². The second kappa shape index (κ2) is 8.77. The van der Waals surface area contributed by atoms with Gasteiger partial charge in [-0.3, -0.25) is 0 Å². The summed E-state index contributed by atoms with van der Waals surface area (Å²) in [5.41, 5.74) is 1.58. The average Bonchev–Trinajstić information content (AvgIpc) is 3.59. The van der Waals surface area contributed by atoms with Crippen molar-refractivity contribution in [3.63, 3.8) is 0 Å². The summed E-state index contributed by atoms with van der Waals surface area (Å²) < 4.78 is 42.8. The highest BCUT2D eigenvalue weighted by atomic mass is 32.2. The minimum absolute atomic E-state index is 0.129. The zero-order chi connectivity index (χ0) is 21.8. The zero-order valence-corrected chi connectivity index (χ0v) is 17.4. The van der Waals surface area contributed by atoms with Crippen LogP contribution in [0.4, 0.5) is 14.9 Å². The third kappa shape index (κ3) is 5.40. The number of urea groups is 1. The first kappa shape index (κ1) is 20.9. The molecule has 3 aromatic rings. The molecule has 0 saturated heterocycles. The Hall–Kier alpha value is -3.39. The Kier molecular flexibility index (Phi) is 5.90. The molecule has 31 heavy (non-hydrogen) atoms. The van der Waals surface area contributed by atoms with Crippen molar-refractivity contribution in [3.8, 4) is 5.75 Å². The predicted octanol–water partition coefficient (Wildman–Crippen LogP) is 4.79. The monoisotopic (exact) mass is 440 g/mol. The quantitative estimate of drug-likeness (QED) is 0.536. The molecule has 1 aliphatic rings. The highest BCUT2D eigenvalue weighted by Gasteiger charge is 2.32. The largest absolute Gasteiger partial charge is 0.379 e. The van der Waals surface area contributed by atoms with Crippen LogP contribution in [-0.2, 0) is 16.7 Å². The number of rotatable bonds is 7. The second-order valence-corrected chi connectivity index (χ2v) is 8.84. The fourth-order valence-electron chi connectivity index (χ4n) is 3.09. The second-order valence-electron chi connectivity index (χ2n) is 7.29. The molecule has 0 radical (unpaired) electrons. The van der Waals surface area contributed by atoms with E-state index in [4.69, 9.17) is 4.18 Å². The first-order chi connectivity index (χ1) is 14.9. The Labute approximate surface area is 180 Å². The van der Waals surface area contributed by atoms with Crippen LogP contribution in [0.5, 0.6) is 5.75 Å². The van der Waals surface area contributed by atoms with E-state index in [-0.39, 0.29) is 22.7 Å².